The van der Waals surface area contributed by atoms with Crippen LogP contribution in [-0.2, 0) is 0 Å². The van der Waals surface area contributed by atoms with E-state index in [1.54, 1.807) is 20.3 Å². The van der Waals surface area contributed by atoms with Crippen molar-refractivity contribution in [3.05, 3.63) is 18.1 Å². The Morgan fingerprint density at radius 2 is 1.95 bits per heavy atom. The third-order valence-corrected chi connectivity index (χ3v) is 4.11. The summed E-state index contributed by atoms with van der Waals surface area (Å²) < 4.78 is 0. The van der Waals surface area contributed by atoms with E-state index < -0.39 is 5.60 Å². The first kappa shape index (κ1) is 14.7. The predicted octanol–water partition coefficient (Wildman–Crippen LogP) is 0.776. The first-order valence-corrected chi connectivity index (χ1v) is 6.65. The Bertz CT molecular complexity index is 510. The molecule has 1 fully saturated rings. The van der Waals surface area contributed by atoms with Crippen LogP contribution in [0.4, 0.5) is 5.82 Å². The summed E-state index contributed by atoms with van der Waals surface area (Å²) in [6, 6.07) is 0. The number of carbonyl (C=O) groups excluding carboxylic acids is 1. The number of carbonyl (C=O) groups is 1. The molecular weight excluding hydrogens is 256 g/mol. The second-order valence-electron chi connectivity index (χ2n) is 6.48. The van der Waals surface area contributed by atoms with E-state index in [0.29, 0.717) is 24.6 Å². The van der Waals surface area contributed by atoms with Gasteiger partial charge in [-0.25, -0.2) is 4.98 Å². The number of nitrogens with zero attached hydrogens (tertiary/aromatic N) is 4. The molecule has 0 aliphatic carbocycles. The lowest BCUT2D eigenvalue weighted by molar-refractivity contribution is -0.00891. The molecule has 1 aliphatic heterocycles. The molecule has 1 amide bonds. The summed E-state index contributed by atoms with van der Waals surface area (Å²) in [7, 11) is 3.36. The Morgan fingerprint density at radius 3 is 2.45 bits per heavy atom. The van der Waals surface area contributed by atoms with Gasteiger partial charge in [0.25, 0.3) is 5.91 Å². The predicted molar refractivity (Wildman–Crippen MR) is 76.7 cm³/mol. The Morgan fingerprint density at radius 1 is 1.30 bits per heavy atom. The lowest BCUT2D eigenvalue weighted by atomic mass is 9.79. The smallest absolute Gasteiger partial charge is 0.273 e. The van der Waals surface area contributed by atoms with E-state index in [1.807, 2.05) is 25.7 Å². The molecule has 6 nitrogen and oxygen atoms in total. The maximum absolute atomic E-state index is 11.9. The minimum atomic E-state index is -0.795. The highest BCUT2D eigenvalue weighted by Crippen LogP contribution is 2.39. The van der Waals surface area contributed by atoms with Crippen molar-refractivity contribution in [2.24, 2.45) is 5.41 Å². The Kier molecular flexibility index (Phi) is 3.46. The third-order valence-electron chi connectivity index (χ3n) is 4.11. The van der Waals surface area contributed by atoms with E-state index in [0.717, 1.165) is 0 Å². The fourth-order valence-corrected chi connectivity index (χ4v) is 2.29. The molecule has 0 spiro atoms. The molecule has 1 N–H and O–H groups in total. The van der Waals surface area contributed by atoms with Crippen molar-refractivity contribution in [1.29, 1.82) is 0 Å². The summed E-state index contributed by atoms with van der Waals surface area (Å²) in [5, 5.41) is 10.5. The molecule has 0 unspecified atom stereocenters. The van der Waals surface area contributed by atoms with E-state index in [2.05, 4.69) is 9.97 Å². The maximum Gasteiger partial charge on any atom is 0.273 e. The third kappa shape index (κ3) is 2.47. The highest BCUT2D eigenvalue weighted by molar-refractivity contribution is 5.91. The zero-order valence-electron chi connectivity index (χ0n) is 12.7. The molecule has 0 saturated carbocycles. The molecule has 20 heavy (non-hydrogen) atoms. The highest BCUT2D eigenvalue weighted by Gasteiger charge is 2.48. The number of anilines is 1. The molecule has 1 aromatic rings. The van der Waals surface area contributed by atoms with Crippen LogP contribution in [0.3, 0.4) is 0 Å². The summed E-state index contributed by atoms with van der Waals surface area (Å²) in [6.07, 6.45) is 3.09. The van der Waals surface area contributed by atoms with Gasteiger partial charge >= 0.3 is 0 Å². The van der Waals surface area contributed by atoms with Crippen LogP contribution in [-0.4, -0.2) is 58.7 Å². The molecule has 0 radical (unpaired) electrons. The van der Waals surface area contributed by atoms with Gasteiger partial charge in [0.2, 0.25) is 0 Å². The lowest BCUT2D eigenvalue weighted by Crippen LogP contribution is -2.40. The summed E-state index contributed by atoms with van der Waals surface area (Å²) in [6.45, 7) is 7.03. The second-order valence-corrected chi connectivity index (χ2v) is 6.48. The van der Waals surface area contributed by atoms with E-state index >= 15 is 0 Å². The van der Waals surface area contributed by atoms with Crippen LogP contribution < -0.4 is 4.90 Å². The quantitative estimate of drug-likeness (QED) is 0.865. The molecule has 2 rings (SSSR count). The molecule has 1 aliphatic rings. The number of rotatable bonds is 2. The average Bonchev–Trinajstić information content (AvgIpc) is 2.57. The molecule has 110 valence electrons. The minimum absolute atomic E-state index is 0.176. The van der Waals surface area contributed by atoms with Crippen LogP contribution in [0.25, 0.3) is 0 Å². The van der Waals surface area contributed by atoms with Gasteiger partial charge in [0.1, 0.15) is 11.5 Å². The van der Waals surface area contributed by atoms with Gasteiger partial charge < -0.3 is 14.9 Å². The van der Waals surface area contributed by atoms with Gasteiger partial charge in [-0.05, 0) is 6.92 Å². The number of β-amino-alcohol motifs (C(OH)–C–C–N with tert-alkyl or cyclic N) is 1. The van der Waals surface area contributed by atoms with Gasteiger partial charge in [0, 0.05) is 32.6 Å². The fraction of sp³-hybridized carbons (Fsp3) is 0.643. The van der Waals surface area contributed by atoms with Crippen LogP contribution >= 0.6 is 0 Å². The molecule has 0 aromatic carbocycles. The van der Waals surface area contributed by atoms with E-state index in [-0.39, 0.29) is 11.3 Å². The van der Waals surface area contributed by atoms with Crippen molar-refractivity contribution in [2.45, 2.75) is 26.4 Å². The Balaban J connectivity index is 2.28. The van der Waals surface area contributed by atoms with Gasteiger partial charge in [0.05, 0.1) is 18.0 Å². The van der Waals surface area contributed by atoms with E-state index in [9.17, 15) is 9.90 Å². The number of aliphatic hydroxyl groups is 1. The van der Waals surface area contributed by atoms with Crippen LogP contribution in [0.1, 0.15) is 31.3 Å². The zero-order valence-corrected chi connectivity index (χ0v) is 12.7. The number of hydrogen-bond acceptors (Lipinski definition) is 5. The normalized spacial score (nSPS) is 24.8. The first-order chi connectivity index (χ1) is 9.14. The standard InChI is InChI=1S/C14H22N4O2/c1-13(2)8-18(9-14(13,3)20)11-7-15-6-10(16-11)12(19)17(4)5/h6-7,20H,8-9H2,1-5H3/t14-/m0/s1. The lowest BCUT2D eigenvalue weighted by Gasteiger charge is -2.30. The SMILES string of the molecule is CN(C)C(=O)c1cncc(N2CC(C)(C)[C@@](C)(O)C2)n1. The highest BCUT2D eigenvalue weighted by atomic mass is 16.3. The Labute approximate surface area is 119 Å². The first-order valence-electron chi connectivity index (χ1n) is 6.65. The monoisotopic (exact) mass is 278 g/mol. The van der Waals surface area contributed by atoms with Crippen molar-refractivity contribution in [1.82, 2.24) is 14.9 Å². The van der Waals surface area contributed by atoms with Crippen LogP contribution in [0.15, 0.2) is 12.4 Å². The summed E-state index contributed by atoms with van der Waals surface area (Å²) in [4.78, 5) is 23.8. The summed E-state index contributed by atoms with van der Waals surface area (Å²) in [5.74, 6) is 0.452. The second kappa shape index (κ2) is 4.70. The molecule has 0 bridgehead atoms. The molecule has 1 atom stereocenters. The largest absolute Gasteiger partial charge is 0.388 e. The van der Waals surface area contributed by atoms with Crippen LogP contribution in [0.2, 0.25) is 0 Å². The molecular formula is C14H22N4O2. The van der Waals surface area contributed by atoms with Crippen molar-refractivity contribution in [2.75, 3.05) is 32.1 Å². The summed E-state index contributed by atoms with van der Waals surface area (Å²) >= 11 is 0. The average molecular weight is 278 g/mol. The number of aromatic nitrogens is 2. The molecule has 2 heterocycles. The molecule has 1 saturated heterocycles. The minimum Gasteiger partial charge on any atom is -0.388 e. The van der Waals surface area contributed by atoms with Gasteiger partial charge in [-0.1, -0.05) is 13.8 Å². The van der Waals surface area contributed by atoms with Gasteiger partial charge in [0.15, 0.2) is 0 Å². The zero-order chi connectivity index (χ0) is 15.1. The van der Waals surface area contributed by atoms with Crippen molar-refractivity contribution in [3.8, 4) is 0 Å². The van der Waals surface area contributed by atoms with E-state index in [4.69, 9.17) is 0 Å². The Hall–Kier alpha value is -1.69. The number of hydrogen-bond donors (Lipinski definition) is 1. The van der Waals surface area contributed by atoms with Gasteiger partial charge in [-0.15, -0.1) is 0 Å². The van der Waals surface area contributed by atoms with Crippen molar-refractivity contribution < 1.29 is 9.90 Å². The molecule has 6 heteroatoms. The van der Waals surface area contributed by atoms with Crippen LogP contribution in [0, 0.1) is 5.41 Å². The van der Waals surface area contributed by atoms with Crippen LogP contribution in [0.5, 0.6) is 0 Å². The summed E-state index contributed by atoms with van der Waals surface area (Å²) in [5.41, 5.74) is -0.719. The topological polar surface area (TPSA) is 69.6 Å². The van der Waals surface area contributed by atoms with Gasteiger partial charge in [-0.2, -0.15) is 0 Å². The maximum atomic E-state index is 11.9. The number of amides is 1. The van der Waals surface area contributed by atoms with Crippen molar-refractivity contribution in [3.63, 3.8) is 0 Å². The molecule has 1 aromatic heterocycles. The van der Waals surface area contributed by atoms with Crippen molar-refractivity contribution >= 4 is 11.7 Å². The van der Waals surface area contributed by atoms with Gasteiger partial charge in [-0.3, -0.25) is 9.78 Å². The van der Waals surface area contributed by atoms with E-state index in [1.165, 1.54) is 11.1 Å². The fourth-order valence-electron chi connectivity index (χ4n) is 2.29.